The second-order valence-electron chi connectivity index (χ2n) is 7.27. The molecule has 0 bridgehead atoms. The number of sulfonamides is 1. The second-order valence-corrected chi connectivity index (χ2v) is 10.1. The van der Waals surface area contributed by atoms with E-state index in [1.54, 1.807) is 16.8 Å². The Hall–Kier alpha value is -1.98. The summed E-state index contributed by atoms with van der Waals surface area (Å²) in [5.41, 5.74) is 2.13. The maximum atomic E-state index is 12.7. The molecule has 2 aliphatic rings. The number of rotatable bonds is 7. The SMILES string of the molecule is CS(=O)(=O)N1CCCc2cc(C(=O)CSc3nnnn3C[C@@H]3CCCO3)ccc21. The minimum atomic E-state index is -3.32. The molecule has 1 aromatic carbocycles. The lowest BCUT2D eigenvalue weighted by Gasteiger charge is -2.29. The lowest BCUT2D eigenvalue weighted by molar-refractivity contribution is 0.0912. The molecule has 29 heavy (non-hydrogen) atoms. The number of aryl methyl sites for hydroxylation is 1. The Morgan fingerprint density at radius 3 is 2.97 bits per heavy atom. The van der Waals surface area contributed by atoms with E-state index in [9.17, 15) is 13.2 Å². The van der Waals surface area contributed by atoms with Crippen molar-refractivity contribution in [1.29, 1.82) is 0 Å². The number of hydrogen-bond acceptors (Lipinski definition) is 8. The van der Waals surface area contributed by atoms with Crippen molar-refractivity contribution in [3.05, 3.63) is 29.3 Å². The van der Waals surface area contributed by atoms with E-state index in [0.717, 1.165) is 37.9 Å². The molecule has 0 N–H and O–H groups in total. The Balaban J connectivity index is 1.43. The first kappa shape index (κ1) is 20.3. The highest BCUT2D eigenvalue weighted by atomic mass is 32.2. The molecule has 1 fully saturated rings. The van der Waals surface area contributed by atoms with Crippen LogP contribution in [0.15, 0.2) is 23.4 Å². The molecule has 0 spiro atoms. The predicted octanol–water partition coefficient (Wildman–Crippen LogP) is 1.54. The van der Waals surface area contributed by atoms with E-state index in [1.165, 1.54) is 22.3 Å². The molecule has 3 heterocycles. The molecule has 0 saturated carbocycles. The second kappa shape index (κ2) is 8.41. The van der Waals surface area contributed by atoms with Crippen LogP contribution in [0.4, 0.5) is 5.69 Å². The number of hydrogen-bond donors (Lipinski definition) is 0. The highest BCUT2D eigenvalue weighted by Crippen LogP contribution is 2.30. The number of nitrogens with zero attached hydrogens (tertiary/aromatic N) is 5. The number of thioether (sulfide) groups is 1. The molecule has 9 nitrogen and oxygen atoms in total. The van der Waals surface area contributed by atoms with Crippen LogP contribution >= 0.6 is 11.8 Å². The lowest BCUT2D eigenvalue weighted by Crippen LogP contribution is -2.34. The van der Waals surface area contributed by atoms with Crippen molar-refractivity contribution in [2.45, 2.75) is 43.5 Å². The van der Waals surface area contributed by atoms with Crippen molar-refractivity contribution >= 4 is 33.3 Å². The summed E-state index contributed by atoms with van der Waals surface area (Å²) in [6.45, 7) is 1.83. The minimum absolute atomic E-state index is 0.0408. The van der Waals surface area contributed by atoms with Crippen LogP contribution in [0.1, 0.15) is 35.2 Å². The quantitative estimate of drug-likeness (QED) is 0.474. The zero-order chi connectivity index (χ0) is 20.4. The molecule has 2 aliphatic heterocycles. The van der Waals surface area contributed by atoms with Gasteiger partial charge in [0, 0.05) is 18.7 Å². The van der Waals surface area contributed by atoms with Crippen LogP contribution in [-0.2, 0) is 27.7 Å². The topological polar surface area (TPSA) is 107 Å². The summed E-state index contributed by atoms with van der Waals surface area (Å²) in [6, 6.07) is 5.24. The molecule has 0 aliphatic carbocycles. The van der Waals surface area contributed by atoms with Crippen LogP contribution < -0.4 is 4.31 Å². The fourth-order valence-electron chi connectivity index (χ4n) is 3.69. The van der Waals surface area contributed by atoms with Gasteiger partial charge in [-0.15, -0.1) is 5.10 Å². The number of Topliss-reactive ketones (excluding diaryl/α,β-unsaturated/α-hetero) is 1. The number of aromatic nitrogens is 4. The summed E-state index contributed by atoms with van der Waals surface area (Å²) in [5.74, 6) is 0.168. The number of carbonyl (C=O) groups excluding carboxylic acids is 1. The molecule has 4 rings (SSSR count). The van der Waals surface area contributed by atoms with E-state index in [2.05, 4.69) is 15.5 Å². The Morgan fingerprint density at radius 2 is 2.21 bits per heavy atom. The third kappa shape index (κ3) is 4.62. The Bertz CT molecular complexity index is 1000. The molecular weight excluding hydrogens is 414 g/mol. The van der Waals surface area contributed by atoms with Gasteiger partial charge in [-0.05, 0) is 59.9 Å². The van der Waals surface area contributed by atoms with Crippen LogP contribution in [0.25, 0.3) is 0 Å². The zero-order valence-corrected chi connectivity index (χ0v) is 17.8. The zero-order valence-electron chi connectivity index (χ0n) is 16.2. The van der Waals surface area contributed by atoms with Gasteiger partial charge in [0.1, 0.15) is 0 Å². The van der Waals surface area contributed by atoms with E-state index in [4.69, 9.17) is 4.74 Å². The normalized spacial score (nSPS) is 19.3. The van der Waals surface area contributed by atoms with Gasteiger partial charge in [-0.25, -0.2) is 13.1 Å². The summed E-state index contributed by atoms with van der Waals surface area (Å²) in [5, 5.41) is 12.3. The average molecular weight is 438 g/mol. The van der Waals surface area contributed by atoms with Gasteiger partial charge in [0.05, 0.1) is 30.3 Å². The molecule has 0 unspecified atom stereocenters. The Morgan fingerprint density at radius 1 is 1.34 bits per heavy atom. The van der Waals surface area contributed by atoms with Gasteiger partial charge in [0.25, 0.3) is 0 Å². The van der Waals surface area contributed by atoms with E-state index in [-0.39, 0.29) is 17.6 Å². The van der Waals surface area contributed by atoms with Gasteiger partial charge < -0.3 is 4.74 Å². The number of ketones is 1. The van der Waals surface area contributed by atoms with Gasteiger partial charge in [-0.3, -0.25) is 9.10 Å². The van der Waals surface area contributed by atoms with E-state index in [1.807, 2.05) is 6.07 Å². The Kier molecular flexibility index (Phi) is 5.88. The van der Waals surface area contributed by atoms with Gasteiger partial charge in [-0.1, -0.05) is 11.8 Å². The first-order valence-electron chi connectivity index (χ1n) is 9.56. The number of benzene rings is 1. The summed E-state index contributed by atoms with van der Waals surface area (Å²) in [7, 11) is -3.32. The highest BCUT2D eigenvalue weighted by Gasteiger charge is 2.25. The lowest BCUT2D eigenvalue weighted by atomic mass is 9.99. The van der Waals surface area contributed by atoms with Crippen molar-refractivity contribution in [2.75, 3.05) is 29.5 Å². The number of carbonyl (C=O) groups is 1. The number of ether oxygens (including phenoxy) is 1. The van der Waals surface area contributed by atoms with Crippen molar-refractivity contribution in [1.82, 2.24) is 20.2 Å². The van der Waals surface area contributed by atoms with Crippen LogP contribution in [0, 0.1) is 0 Å². The smallest absolute Gasteiger partial charge is 0.232 e. The highest BCUT2D eigenvalue weighted by molar-refractivity contribution is 7.99. The maximum Gasteiger partial charge on any atom is 0.232 e. The van der Waals surface area contributed by atoms with E-state index >= 15 is 0 Å². The molecule has 11 heteroatoms. The van der Waals surface area contributed by atoms with Gasteiger partial charge in [0.15, 0.2) is 5.78 Å². The number of fused-ring (bicyclic) bond motifs is 1. The minimum Gasteiger partial charge on any atom is -0.376 e. The summed E-state index contributed by atoms with van der Waals surface area (Å²) in [4.78, 5) is 12.7. The van der Waals surface area contributed by atoms with Gasteiger partial charge in [0.2, 0.25) is 15.2 Å². The number of anilines is 1. The third-order valence-electron chi connectivity index (χ3n) is 5.11. The average Bonchev–Trinajstić information content (AvgIpc) is 3.37. The van der Waals surface area contributed by atoms with Gasteiger partial charge >= 0.3 is 0 Å². The molecule has 156 valence electrons. The van der Waals surface area contributed by atoms with Crippen LogP contribution in [0.5, 0.6) is 0 Å². The molecule has 0 amide bonds. The van der Waals surface area contributed by atoms with Crippen molar-refractivity contribution in [3.8, 4) is 0 Å². The standard InChI is InChI=1S/C18H23N5O4S2/c1-29(25,26)23-8-2-4-13-10-14(6-7-16(13)23)17(24)12-28-18-19-20-21-22(18)11-15-5-3-9-27-15/h6-7,10,15H,2-5,8-9,11-12H2,1H3/t15-/m0/s1. The number of tetrazole rings is 1. The molecule has 1 saturated heterocycles. The van der Waals surface area contributed by atoms with Crippen LogP contribution in [0.2, 0.25) is 0 Å². The first-order valence-corrected chi connectivity index (χ1v) is 12.4. The van der Waals surface area contributed by atoms with Gasteiger partial charge in [-0.2, -0.15) is 0 Å². The predicted molar refractivity (Wildman–Crippen MR) is 109 cm³/mol. The fraction of sp³-hybridized carbons (Fsp3) is 0.556. The molecule has 1 aromatic heterocycles. The van der Waals surface area contributed by atoms with E-state index in [0.29, 0.717) is 29.5 Å². The summed E-state index contributed by atoms with van der Waals surface area (Å²) < 4.78 is 32.7. The van der Waals surface area contributed by atoms with Crippen molar-refractivity contribution in [3.63, 3.8) is 0 Å². The largest absolute Gasteiger partial charge is 0.376 e. The van der Waals surface area contributed by atoms with Crippen molar-refractivity contribution in [2.24, 2.45) is 0 Å². The van der Waals surface area contributed by atoms with E-state index < -0.39 is 10.0 Å². The monoisotopic (exact) mass is 437 g/mol. The molecule has 1 atom stereocenters. The van der Waals surface area contributed by atoms with Crippen LogP contribution in [0.3, 0.4) is 0 Å². The fourth-order valence-corrected chi connectivity index (χ4v) is 5.47. The molecular formula is C18H23N5O4S2. The summed E-state index contributed by atoms with van der Waals surface area (Å²) in [6.07, 6.45) is 4.86. The third-order valence-corrected chi connectivity index (χ3v) is 7.25. The first-order chi connectivity index (χ1) is 13.9. The van der Waals surface area contributed by atoms with Crippen molar-refractivity contribution < 1.29 is 17.9 Å². The maximum absolute atomic E-state index is 12.7. The molecule has 2 aromatic rings. The molecule has 0 radical (unpaired) electrons. The Labute approximate surface area is 173 Å². The summed E-state index contributed by atoms with van der Waals surface area (Å²) >= 11 is 1.30. The van der Waals surface area contributed by atoms with Crippen LogP contribution in [-0.4, -0.2) is 65.7 Å².